The van der Waals surface area contributed by atoms with E-state index in [0.717, 1.165) is 29.4 Å². The van der Waals surface area contributed by atoms with Crippen LogP contribution in [0.5, 0.6) is 5.75 Å². The number of ether oxygens (including phenoxy) is 1. The second-order valence-corrected chi connectivity index (χ2v) is 7.55. The van der Waals surface area contributed by atoms with Gasteiger partial charge in [-0.1, -0.05) is 19.8 Å². The Balaban J connectivity index is 2.12. The number of methoxy groups -OCH3 is 1. The van der Waals surface area contributed by atoms with E-state index < -0.39 is 10.8 Å². The Labute approximate surface area is 130 Å². The van der Waals surface area contributed by atoms with Crippen molar-refractivity contribution in [3.05, 3.63) is 24.3 Å². The van der Waals surface area contributed by atoms with Gasteiger partial charge in [-0.2, -0.15) is 0 Å². The zero-order valence-corrected chi connectivity index (χ0v) is 14.1. The normalized spacial score (nSPS) is 27.3. The summed E-state index contributed by atoms with van der Waals surface area (Å²) in [5, 5.41) is 3.59. The van der Waals surface area contributed by atoms with Crippen LogP contribution in [0.15, 0.2) is 29.2 Å². The lowest BCUT2D eigenvalue weighted by Crippen LogP contribution is -2.44. The Morgan fingerprint density at radius 1 is 1.29 bits per heavy atom. The Kier molecular flexibility index (Phi) is 6.24. The van der Waals surface area contributed by atoms with E-state index in [1.165, 1.54) is 19.3 Å². The first-order chi connectivity index (χ1) is 10.2. The van der Waals surface area contributed by atoms with Crippen LogP contribution < -0.4 is 10.1 Å². The average Bonchev–Trinajstić information content (AvgIpc) is 2.54. The molecule has 0 amide bonds. The van der Waals surface area contributed by atoms with Gasteiger partial charge in [-0.15, -0.1) is 0 Å². The van der Waals surface area contributed by atoms with Crippen LogP contribution in [-0.4, -0.2) is 29.7 Å². The van der Waals surface area contributed by atoms with Crippen LogP contribution in [-0.2, 0) is 10.8 Å². The third kappa shape index (κ3) is 4.07. The minimum atomic E-state index is -0.952. The Morgan fingerprint density at radius 2 is 2.00 bits per heavy atom. The van der Waals surface area contributed by atoms with Gasteiger partial charge in [0.1, 0.15) is 5.75 Å². The van der Waals surface area contributed by atoms with E-state index in [1.54, 1.807) is 7.11 Å². The van der Waals surface area contributed by atoms with Crippen molar-refractivity contribution in [2.45, 2.75) is 55.2 Å². The molecular weight excluding hydrogens is 282 g/mol. The molecule has 1 fully saturated rings. The van der Waals surface area contributed by atoms with E-state index in [4.69, 9.17) is 4.74 Å². The fraction of sp³-hybridized carbons (Fsp3) is 0.647. The first-order valence-corrected chi connectivity index (χ1v) is 9.12. The Hall–Kier alpha value is -0.870. The van der Waals surface area contributed by atoms with Crippen LogP contribution in [0.4, 0.5) is 0 Å². The minimum Gasteiger partial charge on any atom is -0.497 e. The highest BCUT2D eigenvalue weighted by Gasteiger charge is 2.33. The molecule has 0 spiro atoms. The number of benzene rings is 1. The summed E-state index contributed by atoms with van der Waals surface area (Å²) in [7, 11) is 2.69. The molecule has 118 valence electrons. The van der Waals surface area contributed by atoms with Crippen LogP contribution in [0.3, 0.4) is 0 Å². The molecule has 1 aromatic carbocycles. The van der Waals surface area contributed by atoms with Crippen molar-refractivity contribution >= 4 is 10.8 Å². The zero-order chi connectivity index (χ0) is 15.2. The van der Waals surface area contributed by atoms with Gasteiger partial charge in [-0.3, -0.25) is 4.21 Å². The van der Waals surface area contributed by atoms with Crippen molar-refractivity contribution < 1.29 is 8.95 Å². The van der Waals surface area contributed by atoms with Gasteiger partial charge >= 0.3 is 0 Å². The molecule has 0 heterocycles. The maximum Gasteiger partial charge on any atom is 0.118 e. The SMILES string of the molecule is CCCC1CCC(NC)C(S(=O)c2ccc(OC)cc2)C1. The zero-order valence-electron chi connectivity index (χ0n) is 13.3. The molecule has 1 aliphatic rings. The van der Waals surface area contributed by atoms with Gasteiger partial charge in [0, 0.05) is 10.9 Å². The molecule has 0 bridgehead atoms. The fourth-order valence-electron chi connectivity index (χ4n) is 3.33. The van der Waals surface area contributed by atoms with Crippen LogP contribution >= 0.6 is 0 Å². The van der Waals surface area contributed by atoms with Gasteiger partial charge in [-0.05, 0) is 56.5 Å². The van der Waals surface area contributed by atoms with Crippen molar-refractivity contribution in [1.82, 2.24) is 5.32 Å². The summed E-state index contributed by atoms with van der Waals surface area (Å²) in [6.45, 7) is 2.24. The Bertz CT molecular complexity index is 460. The highest BCUT2D eigenvalue weighted by atomic mass is 32.2. The molecular formula is C17H27NO2S. The van der Waals surface area contributed by atoms with Gasteiger partial charge in [0.2, 0.25) is 0 Å². The summed E-state index contributed by atoms with van der Waals surface area (Å²) in [5.41, 5.74) is 0. The van der Waals surface area contributed by atoms with Crippen LogP contribution in [0.1, 0.15) is 39.0 Å². The number of rotatable bonds is 6. The van der Waals surface area contributed by atoms with Crippen LogP contribution in [0.2, 0.25) is 0 Å². The number of hydrogen-bond donors (Lipinski definition) is 1. The molecule has 1 N–H and O–H groups in total. The maximum absolute atomic E-state index is 12.9. The molecule has 0 saturated heterocycles. The van der Waals surface area contributed by atoms with Crippen molar-refractivity contribution in [2.75, 3.05) is 14.2 Å². The number of nitrogens with one attached hydrogen (secondary N) is 1. The molecule has 1 aromatic rings. The van der Waals surface area contributed by atoms with Gasteiger partial charge < -0.3 is 10.1 Å². The van der Waals surface area contributed by atoms with Gasteiger partial charge in [-0.25, -0.2) is 0 Å². The predicted octanol–water partition coefficient (Wildman–Crippen LogP) is 3.36. The molecule has 4 heteroatoms. The van der Waals surface area contributed by atoms with Crippen molar-refractivity contribution in [3.8, 4) is 5.75 Å². The quantitative estimate of drug-likeness (QED) is 0.875. The first kappa shape index (κ1) is 16.5. The molecule has 4 atom stereocenters. The maximum atomic E-state index is 12.9. The minimum absolute atomic E-state index is 0.216. The number of hydrogen-bond acceptors (Lipinski definition) is 3. The van der Waals surface area contributed by atoms with E-state index in [0.29, 0.717) is 6.04 Å². The first-order valence-electron chi connectivity index (χ1n) is 7.91. The lowest BCUT2D eigenvalue weighted by atomic mass is 9.83. The second-order valence-electron chi connectivity index (χ2n) is 5.87. The summed E-state index contributed by atoms with van der Waals surface area (Å²) in [5.74, 6) is 1.54. The van der Waals surface area contributed by atoms with E-state index in [9.17, 15) is 4.21 Å². The third-order valence-electron chi connectivity index (χ3n) is 4.53. The Morgan fingerprint density at radius 3 is 2.57 bits per heavy atom. The molecule has 1 saturated carbocycles. The average molecular weight is 309 g/mol. The van der Waals surface area contributed by atoms with Crippen LogP contribution in [0, 0.1) is 5.92 Å². The van der Waals surface area contributed by atoms with Crippen molar-refractivity contribution in [2.24, 2.45) is 5.92 Å². The lowest BCUT2D eigenvalue weighted by molar-refractivity contribution is 0.292. The summed E-state index contributed by atoms with van der Waals surface area (Å²) in [4.78, 5) is 0.915. The van der Waals surface area contributed by atoms with E-state index in [1.807, 2.05) is 31.3 Å². The highest BCUT2D eigenvalue weighted by molar-refractivity contribution is 7.85. The molecule has 0 aliphatic heterocycles. The molecule has 2 rings (SSSR count). The summed E-state index contributed by atoms with van der Waals surface area (Å²) in [6.07, 6.45) is 5.94. The van der Waals surface area contributed by atoms with Gasteiger partial charge in [0.05, 0.1) is 23.2 Å². The van der Waals surface area contributed by atoms with Gasteiger partial charge in [0.25, 0.3) is 0 Å². The van der Waals surface area contributed by atoms with E-state index in [2.05, 4.69) is 12.2 Å². The monoisotopic (exact) mass is 309 g/mol. The van der Waals surface area contributed by atoms with Gasteiger partial charge in [0.15, 0.2) is 0 Å². The lowest BCUT2D eigenvalue weighted by Gasteiger charge is -2.35. The molecule has 4 unspecified atom stereocenters. The highest BCUT2D eigenvalue weighted by Crippen LogP contribution is 2.33. The topological polar surface area (TPSA) is 38.3 Å². The second kappa shape index (κ2) is 7.95. The summed E-state index contributed by atoms with van der Waals surface area (Å²) >= 11 is 0. The summed E-state index contributed by atoms with van der Waals surface area (Å²) < 4.78 is 18.1. The molecule has 1 aliphatic carbocycles. The van der Waals surface area contributed by atoms with E-state index >= 15 is 0 Å². The largest absolute Gasteiger partial charge is 0.497 e. The smallest absolute Gasteiger partial charge is 0.118 e. The molecule has 0 radical (unpaired) electrons. The van der Waals surface area contributed by atoms with Crippen molar-refractivity contribution in [1.29, 1.82) is 0 Å². The standard InChI is InChI=1S/C17H27NO2S/c1-4-5-13-6-11-16(18-2)17(12-13)21(19)15-9-7-14(20-3)8-10-15/h7-10,13,16-18H,4-6,11-12H2,1-3H3. The molecule has 3 nitrogen and oxygen atoms in total. The van der Waals surface area contributed by atoms with Crippen molar-refractivity contribution in [3.63, 3.8) is 0 Å². The van der Waals surface area contributed by atoms with E-state index in [-0.39, 0.29) is 5.25 Å². The summed E-state index contributed by atoms with van der Waals surface area (Å²) in [6, 6.07) is 8.03. The molecule has 21 heavy (non-hydrogen) atoms. The fourth-order valence-corrected chi connectivity index (χ4v) is 5.11. The predicted molar refractivity (Wildman–Crippen MR) is 88.3 cm³/mol. The van der Waals surface area contributed by atoms with Crippen LogP contribution in [0.25, 0.3) is 0 Å². The third-order valence-corrected chi connectivity index (χ3v) is 6.34. The molecule has 0 aromatic heterocycles.